The highest BCUT2D eigenvalue weighted by molar-refractivity contribution is 7.88. The molecule has 1 aromatic rings. The zero-order chi connectivity index (χ0) is 13.1. The molecule has 0 heterocycles. The van der Waals surface area contributed by atoms with Gasteiger partial charge in [0.15, 0.2) is 0 Å². The Bertz CT molecular complexity index is 471. The molecule has 96 valence electrons. The summed E-state index contributed by atoms with van der Waals surface area (Å²) in [4.78, 5) is 0. The highest BCUT2D eigenvalue weighted by Gasteiger charge is 2.17. The Morgan fingerprint density at radius 3 is 2.47 bits per heavy atom. The maximum Gasteiger partial charge on any atom is 0.216 e. The zero-order valence-corrected chi connectivity index (χ0v) is 11.8. The monoisotopic (exact) mass is 275 g/mol. The summed E-state index contributed by atoms with van der Waals surface area (Å²) in [6.45, 7) is 5.82. The molecule has 0 saturated carbocycles. The van der Waals surface area contributed by atoms with E-state index in [1.807, 2.05) is 20.8 Å². The average molecular weight is 276 g/mol. The van der Waals surface area contributed by atoms with Crippen LogP contribution in [0.2, 0.25) is 5.02 Å². The lowest BCUT2D eigenvalue weighted by Crippen LogP contribution is -2.36. The van der Waals surface area contributed by atoms with Crippen LogP contribution in [0.1, 0.15) is 26.3 Å². The molecule has 1 atom stereocenters. The van der Waals surface area contributed by atoms with Crippen LogP contribution in [0.25, 0.3) is 0 Å². The SMILES string of the molecule is CC(C)[C@@H](C)NS(=O)(=O)Cc1cccc(Cl)c1. The van der Waals surface area contributed by atoms with Crippen molar-refractivity contribution in [1.29, 1.82) is 0 Å². The van der Waals surface area contributed by atoms with Gasteiger partial charge in [0.05, 0.1) is 5.75 Å². The molecule has 0 spiro atoms. The first-order chi connectivity index (χ1) is 7.80. The van der Waals surface area contributed by atoms with Crippen molar-refractivity contribution >= 4 is 21.6 Å². The molecule has 0 saturated heterocycles. The fraction of sp³-hybridized carbons (Fsp3) is 0.500. The summed E-state index contributed by atoms with van der Waals surface area (Å²) in [7, 11) is -3.30. The van der Waals surface area contributed by atoms with Crippen LogP contribution in [-0.2, 0) is 15.8 Å². The molecule has 1 aromatic carbocycles. The van der Waals surface area contributed by atoms with Crippen LogP contribution < -0.4 is 4.72 Å². The van der Waals surface area contributed by atoms with Gasteiger partial charge in [0.1, 0.15) is 0 Å². The van der Waals surface area contributed by atoms with Gasteiger partial charge in [-0.05, 0) is 30.5 Å². The topological polar surface area (TPSA) is 46.2 Å². The van der Waals surface area contributed by atoms with Gasteiger partial charge >= 0.3 is 0 Å². The lowest BCUT2D eigenvalue weighted by atomic mass is 10.1. The van der Waals surface area contributed by atoms with Crippen molar-refractivity contribution in [3.8, 4) is 0 Å². The standard InChI is InChI=1S/C12H18ClNO2S/c1-9(2)10(3)14-17(15,16)8-11-5-4-6-12(13)7-11/h4-7,9-10,14H,8H2,1-3H3/t10-/m1/s1. The van der Waals surface area contributed by atoms with Crippen LogP contribution in [-0.4, -0.2) is 14.5 Å². The first kappa shape index (κ1) is 14.5. The molecular weight excluding hydrogens is 258 g/mol. The molecule has 0 aliphatic rings. The predicted molar refractivity (Wildman–Crippen MR) is 71.5 cm³/mol. The number of rotatable bonds is 5. The molecule has 0 aliphatic carbocycles. The van der Waals surface area contributed by atoms with E-state index in [1.165, 1.54) is 0 Å². The van der Waals surface area contributed by atoms with Crippen molar-refractivity contribution in [2.45, 2.75) is 32.6 Å². The summed E-state index contributed by atoms with van der Waals surface area (Å²) in [5.41, 5.74) is 0.695. The minimum absolute atomic E-state index is 0.0371. The van der Waals surface area contributed by atoms with E-state index in [-0.39, 0.29) is 17.7 Å². The third-order valence-electron chi connectivity index (χ3n) is 2.61. The summed E-state index contributed by atoms with van der Waals surface area (Å²) in [5, 5.41) is 0.551. The fourth-order valence-corrected chi connectivity index (χ4v) is 3.06. The van der Waals surface area contributed by atoms with Crippen molar-refractivity contribution in [2.24, 2.45) is 5.92 Å². The van der Waals surface area contributed by atoms with Crippen LogP contribution in [0.15, 0.2) is 24.3 Å². The second kappa shape index (κ2) is 5.85. The summed E-state index contributed by atoms with van der Waals surface area (Å²) in [6, 6.07) is 6.83. The molecule has 0 amide bonds. The molecule has 0 radical (unpaired) electrons. The van der Waals surface area contributed by atoms with Gasteiger partial charge in [-0.25, -0.2) is 13.1 Å². The summed E-state index contributed by atoms with van der Waals surface area (Å²) >= 11 is 5.81. The predicted octanol–water partition coefficient (Wildman–Crippen LogP) is 2.80. The molecule has 0 bridgehead atoms. The van der Waals surface area contributed by atoms with Gasteiger partial charge in [-0.3, -0.25) is 0 Å². The van der Waals surface area contributed by atoms with Crippen molar-refractivity contribution in [2.75, 3.05) is 0 Å². The van der Waals surface area contributed by atoms with Crippen LogP contribution in [0.4, 0.5) is 0 Å². The van der Waals surface area contributed by atoms with Gasteiger partial charge in [-0.2, -0.15) is 0 Å². The van der Waals surface area contributed by atoms with Crippen LogP contribution in [0.5, 0.6) is 0 Å². The van der Waals surface area contributed by atoms with Gasteiger partial charge in [0, 0.05) is 11.1 Å². The third-order valence-corrected chi connectivity index (χ3v) is 4.29. The van der Waals surface area contributed by atoms with Crippen LogP contribution in [0, 0.1) is 5.92 Å². The Kier molecular flexibility index (Phi) is 4.98. The maximum atomic E-state index is 11.9. The second-order valence-corrected chi connectivity index (χ2v) is 6.73. The van der Waals surface area contributed by atoms with Gasteiger partial charge in [-0.15, -0.1) is 0 Å². The number of nitrogens with one attached hydrogen (secondary N) is 1. The molecule has 5 heteroatoms. The second-order valence-electron chi connectivity index (χ2n) is 4.54. The Labute approximate surface area is 108 Å². The van der Waals surface area contributed by atoms with Crippen molar-refractivity contribution in [3.05, 3.63) is 34.9 Å². The van der Waals surface area contributed by atoms with E-state index in [0.29, 0.717) is 10.6 Å². The molecule has 0 fully saturated rings. The number of benzene rings is 1. The van der Waals surface area contributed by atoms with Crippen LogP contribution >= 0.6 is 11.6 Å². The first-order valence-corrected chi connectivity index (χ1v) is 7.57. The largest absolute Gasteiger partial charge is 0.216 e. The van der Waals surface area contributed by atoms with Gasteiger partial charge in [0.25, 0.3) is 0 Å². The van der Waals surface area contributed by atoms with E-state index in [0.717, 1.165) is 0 Å². The van der Waals surface area contributed by atoms with Crippen molar-refractivity contribution in [1.82, 2.24) is 4.72 Å². The van der Waals surface area contributed by atoms with E-state index in [1.54, 1.807) is 24.3 Å². The fourth-order valence-electron chi connectivity index (χ4n) is 1.31. The van der Waals surface area contributed by atoms with Gasteiger partial charge < -0.3 is 0 Å². The summed E-state index contributed by atoms with van der Waals surface area (Å²) in [5.74, 6) is 0.231. The number of hydrogen-bond donors (Lipinski definition) is 1. The zero-order valence-electron chi connectivity index (χ0n) is 10.3. The summed E-state index contributed by atoms with van der Waals surface area (Å²) < 4.78 is 26.4. The molecule has 1 N–H and O–H groups in total. The smallest absolute Gasteiger partial charge is 0.212 e. The first-order valence-electron chi connectivity index (χ1n) is 5.54. The van der Waals surface area contributed by atoms with E-state index in [4.69, 9.17) is 11.6 Å². The molecule has 0 aromatic heterocycles. The Morgan fingerprint density at radius 2 is 1.94 bits per heavy atom. The molecule has 17 heavy (non-hydrogen) atoms. The Hall–Kier alpha value is -0.580. The molecule has 0 aliphatic heterocycles. The normalized spacial score (nSPS) is 13.9. The number of sulfonamides is 1. The minimum atomic E-state index is -3.30. The van der Waals surface area contributed by atoms with Crippen molar-refractivity contribution < 1.29 is 8.42 Å². The lowest BCUT2D eigenvalue weighted by Gasteiger charge is -2.17. The van der Waals surface area contributed by atoms with E-state index < -0.39 is 10.0 Å². The molecule has 0 unspecified atom stereocenters. The van der Waals surface area contributed by atoms with Gasteiger partial charge in [-0.1, -0.05) is 37.6 Å². The lowest BCUT2D eigenvalue weighted by molar-refractivity contribution is 0.476. The van der Waals surface area contributed by atoms with E-state index in [2.05, 4.69) is 4.72 Å². The maximum absolute atomic E-state index is 11.9. The minimum Gasteiger partial charge on any atom is -0.212 e. The highest BCUT2D eigenvalue weighted by atomic mass is 35.5. The number of hydrogen-bond acceptors (Lipinski definition) is 2. The third kappa shape index (κ3) is 5.06. The Balaban J connectivity index is 2.73. The van der Waals surface area contributed by atoms with Crippen LogP contribution in [0.3, 0.4) is 0 Å². The molecule has 1 rings (SSSR count). The Morgan fingerprint density at radius 1 is 1.29 bits per heavy atom. The van der Waals surface area contributed by atoms with Gasteiger partial charge in [0.2, 0.25) is 10.0 Å². The van der Waals surface area contributed by atoms with Crippen molar-refractivity contribution in [3.63, 3.8) is 0 Å². The summed E-state index contributed by atoms with van der Waals surface area (Å²) in [6.07, 6.45) is 0. The van der Waals surface area contributed by atoms with E-state index in [9.17, 15) is 8.42 Å². The molecular formula is C12H18ClNO2S. The highest BCUT2D eigenvalue weighted by Crippen LogP contribution is 2.13. The molecule has 3 nitrogen and oxygen atoms in total. The van der Waals surface area contributed by atoms with E-state index >= 15 is 0 Å². The number of halogens is 1. The average Bonchev–Trinajstić information content (AvgIpc) is 2.15. The quantitative estimate of drug-likeness (QED) is 0.898.